The lowest BCUT2D eigenvalue weighted by molar-refractivity contribution is -0.121. The van der Waals surface area contributed by atoms with Crippen molar-refractivity contribution >= 4 is 11.7 Å². The van der Waals surface area contributed by atoms with Gasteiger partial charge in [-0.2, -0.15) is 0 Å². The molecule has 2 rings (SSSR count). The van der Waals surface area contributed by atoms with Gasteiger partial charge < -0.3 is 4.90 Å². The maximum atomic E-state index is 12.4. The molecule has 0 aliphatic carbocycles. The lowest BCUT2D eigenvalue weighted by atomic mass is 10.0. The lowest BCUT2D eigenvalue weighted by Crippen LogP contribution is -2.40. The Balaban J connectivity index is 2.27. The molecule has 1 aromatic rings. The number of benzene rings is 1. The zero-order valence-electron chi connectivity index (χ0n) is 10.3. The van der Waals surface area contributed by atoms with Crippen LogP contribution in [0.3, 0.4) is 0 Å². The van der Waals surface area contributed by atoms with Gasteiger partial charge in [-0.25, -0.2) is 0 Å². The molecule has 0 saturated carbocycles. The van der Waals surface area contributed by atoms with Crippen molar-refractivity contribution in [3.63, 3.8) is 0 Å². The average Bonchev–Trinajstić information content (AvgIpc) is 2.28. The molecule has 1 aliphatic heterocycles. The zero-order chi connectivity index (χ0) is 12.4. The Kier molecular flexibility index (Phi) is 3.27. The van der Waals surface area contributed by atoms with Gasteiger partial charge in [0.05, 0.1) is 6.54 Å². The first-order valence-electron chi connectivity index (χ1n) is 5.97. The average molecular weight is 231 g/mol. The summed E-state index contributed by atoms with van der Waals surface area (Å²) in [4.78, 5) is 25.4. The molecular weight excluding hydrogens is 214 g/mol. The number of amides is 1. The molecule has 0 spiro atoms. The van der Waals surface area contributed by atoms with Crippen LogP contribution in [0.4, 0.5) is 0 Å². The number of piperidine rings is 1. The number of ketones is 1. The number of hydrogen-bond acceptors (Lipinski definition) is 2. The summed E-state index contributed by atoms with van der Waals surface area (Å²) in [5.74, 6) is 0.157. The van der Waals surface area contributed by atoms with Crippen molar-refractivity contribution in [2.75, 3.05) is 13.1 Å². The minimum Gasteiger partial charge on any atom is -0.331 e. The van der Waals surface area contributed by atoms with Crippen LogP contribution in [0.25, 0.3) is 0 Å². The largest absolute Gasteiger partial charge is 0.331 e. The van der Waals surface area contributed by atoms with Crippen LogP contribution in [0, 0.1) is 13.8 Å². The minimum absolute atomic E-state index is 0.00588. The summed E-state index contributed by atoms with van der Waals surface area (Å²) in [6, 6.07) is 5.82. The van der Waals surface area contributed by atoms with E-state index >= 15 is 0 Å². The molecule has 1 aromatic carbocycles. The third-order valence-corrected chi connectivity index (χ3v) is 3.23. The Morgan fingerprint density at radius 3 is 2.47 bits per heavy atom. The highest BCUT2D eigenvalue weighted by Gasteiger charge is 2.24. The standard InChI is InChI=1S/C14H17NO2/c1-10-5-3-6-11(2)13(10)14(17)15-8-4-7-12(16)9-15/h3,5-6H,4,7-9H2,1-2H3. The lowest BCUT2D eigenvalue weighted by Gasteiger charge is -2.27. The second-order valence-electron chi connectivity index (χ2n) is 4.64. The zero-order valence-corrected chi connectivity index (χ0v) is 10.3. The van der Waals surface area contributed by atoms with Crippen molar-refractivity contribution in [1.29, 1.82) is 0 Å². The fourth-order valence-corrected chi connectivity index (χ4v) is 2.32. The fourth-order valence-electron chi connectivity index (χ4n) is 2.32. The highest BCUT2D eigenvalue weighted by Crippen LogP contribution is 2.18. The smallest absolute Gasteiger partial charge is 0.254 e. The molecule has 0 aromatic heterocycles. The molecule has 3 nitrogen and oxygen atoms in total. The van der Waals surface area contributed by atoms with Crippen LogP contribution in [-0.2, 0) is 4.79 Å². The Morgan fingerprint density at radius 2 is 1.88 bits per heavy atom. The molecule has 0 N–H and O–H groups in total. The Labute approximate surface area is 101 Å². The second kappa shape index (κ2) is 4.70. The predicted octanol–water partition coefficient (Wildman–Crippen LogP) is 2.11. The Hall–Kier alpha value is -1.64. The Morgan fingerprint density at radius 1 is 1.24 bits per heavy atom. The quantitative estimate of drug-likeness (QED) is 0.742. The summed E-state index contributed by atoms with van der Waals surface area (Å²) >= 11 is 0. The molecule has 90 valence electrons. The van der Waals surface area contributed by atoms with Gasteiger partial charge in [-0.05, 0) is 31.4 Å². The van der Waals surface area contributed by atoms with Gasteiger partial charge in [-0.1, -0.05) is 18.2 Å². The predicted molar refractivity (Wildman–Crippen MR) is 66.1 cm³/mol. The van der Waals surface area contributed by atoms with Gasteiger partial charge in [0.2, 0.25) is 0 Å². The summed E-state index contributed by atoms with van der Waals surface area (Å²) in [7, 11) is 0. The van der Waals surface area contributed by atoms with E-state index in [1.54, 1.807) is 4.90 Å². The van der Waals surface area contributed by atoms with E-state index in [1.165, 1.54) is 0 Å². The van der Waals surface area contributed by atoms with Crippen molar-refractivity contribution in [3.8, 4) is 0 Å². The van der Waals surface area contributed by atoms with Crippen molar-refractivity contribution < 1.29 is 9.59 Å². The van der Waals surface area contributed by atoms with Crippen LogP contribution in [0.5, 0.6) is 0 Å². The van der Waals surface area contributed by atoms with E-state index in [-0.39, 0.29) is 18.2 Å². The first kappa shape index (κ1) is 11.8. The number of carbonyl (C=O) groups excluding carboxylic acids is 2. The normalized spacial score (nSPS) is 16.1. The monoisotopic (exact) mass is 231 g/mol. The van der Waals surface area contributed by atoms with Crippen LogP contribution in [0.1, 0.15) is 34.3 Å². The highest BCUT2D eigenvalue weighted by molar-refractivity contribution is 5.99. The topological polar surface area (TPSA) is 37.4 Å². The summed E-state index contributed by atoms with van der Waals surface area (Å²) < 4.78 is 0. The first-order chi connectivity index (χ1) is 8.09. The molecular formula is C14H17NO2. The summed E-state index contributed by atoms with van der Waals surface area (Å²) in [6.45, 7) is 4.84. The highest BCUT2D eigenvalue weighted by atomic mass is 16.2. The van der Waals surface area contributed by atoms with Crippen LogP contribution < -0.4 is 0 Å². The molecule has 17 heavy (non-hydrogen) atoms. The van der Waals surface area contributed by atoms with Gasteiger partial charge >= 0.3 is 0 Å². The number of carbonyl (C=O) groups is 2. The maximum absolute atomic E-state index is 12.4. The van der Waals surface area contributed by atoms with E-state index < -0.39 is 0 Å². The molecule has 0 radical (unpaired) electrons. The minimum atomic E-state index is -0.00588. The van der Waals surface area contributed by atoms with E-state index in [0.29, 0.717) is 13.0 Å². The molecule has 1 amide bonds. The Bertz CT molecular complexity index is 445. The molecule has 3 heteroatoms. The van der Waals surface area contributed by atoms with Gasteiger partial charge in [0.1, 0.15) is 0 Å². The second-order valence-corrected chi connectivity index (χ2v) is 4.64. The number of hydrogen-bond donors (Lipinski definition) is 0. The molecule has 1 aliphatic rings. The molecule has 0 atom stereocenters. The summed E-state index contributed by atoms with van der Waals surface area (Å²) in [5.41, 5.74) is 2.71. The first-order valence-corrected chi connectivity index (χ1v) is 5.97. The summed E-state index contributed by atoms with van der Waals surface area (Å²) in [6.07, 6.45) is 1.39. The van der Waals surface area contributed by atoms with Gasteiger partial charge in [0.15, 0.2) is 5.78 Å². The van der Waals surface area contributed by atoms with Gasteiger partial charge in [0, 0.05) is 18.5 Å². The van der Waals surface area contributed by atoms with Crippen LogP contribution in [-0.4, -0.2) is 29.7 Å². The maximum Gasteiger partial charge on any atom is 0.254 e. The van der Waals surface area contributed by atoms with E-state index in [0.717, 1.165) is 23.1 Å². The van der Waals surface area contributed by atoms with Crippen LogP contribution in [0.2, 0.25) is 0 Å². The van der Waals surface area contributed by atoms with Crippen molar-refractivity contribution in [2.24, 2.45) is 0 Å². The van der Waals surface area contributed by atoms with E-state index in [2.05, 4.69) is 0 Å². The van der Waals surface area contributed by atoms with Crippen molar-refractivity contribution in [2.45, 2.75) is 26.7 Å². The van der Waals surface area contributed by atoms with Crippen molar-refractivity contribution in [1.82, 2.24) is 4.90 Å². The van der Waals surface area contributed by atoms with Crippen molar-refractivity contribution in [3.05, 3.63) is 34.9 Å². The van der Waals surface area contributed by atoms with E-state index in [4.69, 9.17) is 0 Å². The molecule has 1 heterocycles. The number of aryl methyl sites for hydroxylation is 2. The van der Waals surface area contributed by atoms with Crippen LogP contribution in [0.15, 0.2) is 18.2 Å². The van der Waals surface area contributed by atoms with E-state index in [1.807, 2.05) is 32.0 Å². The molecule has 0 unspecified atom stereocenters. The molecule has 0 bridgehead atoms. The third-order valence-electron chi connectivity index (χ3n) is 3.23. The fraction of sp³-hybridized carbons (Fsp3) is 0.429. The molecule has 1 saturated heterocycles. The number of likely N-dealkylation sites (tertiary alicyclic amines) is 1. The number of Topliss-reactive ketones (excluding diaryl/α,β-unsaturated/α-hetero) is 1. The van der Waals surface area contributed by atoms with Gasteiger partial charge in [-0.15, -0.1) is 0 Å². The number of nitrogens with zero attached hydrogens (tertiary/aromatic N) is 1. The van der Waals surface area contributed by atoms with E-state index in [9.17, 15) is 9.59 Å². The van der Waals surface area contributed by atoms with Gasteiger partial charge in [0.25, 0.3) is 5.91 Å². The number of rotatable bonds is 1. The van der Waals surface area contributed by atoms with Gasteiger partial charge in [-0.3, -0.25) is 9.59 Å². The molecule has 1 fully saturated rings. The summed E-state index contributed by atoms with van der Waals surface area (Å²) in [5, 5.41) is 0. The van der Waals surface area contributed by atoms with Crippen LogP contribution >= 0.6 is 0 Å². The SMILES string of the molecule is Cc1cccc(C)c1C(=O)N1CCCC(=O)C1. The third kappa shape index (κ3) is 2.38.